The molecule has 0 spiro atoms. The van der Waals surface area contributed by atoms with Crippen molar-refractivity contribution in [3.8, 4) is 0 Å². The van der Waals surface area contributed by atoms with Gasteiger partial charge in [-0.15, -0.1) is 0 Å². The van der Waals surface area contributed by atoms with Crippen LogP contribution in [0.4, 0.5) is 4.39 Å². The summed E-state index contributed by atoms with van der Waals surface area (Å²) in [6.07, 6.45) is -2.14. The first-order chi connectivity index (χ1) is 5.83. The van der Waals surface area contributed by atoms with Gasteiger partial charge >= 0.3 is 5.97 Å². The molecule has 3 unspecified atom stereocenters. The molecule has 0 heterocycles. The summed E-state index contributed by atoms with van der Waals surface area (Å²) in [4.78, 5) is 10.2. The quantitative estimate of drug-likeness (QED) is 0.705. The standard InChI is InChI=1S/C7H14FO4P/c1-4-12-13(3,11)5(2)6(8)7(9)10/h5-6H,4H2,1-3H3,(H,9,10). The molecular formula is C7H14FO4P. The first kappa shape index (κ1) is 12.6. The maximum absolute atomic E-state index is 12.9. The van der Waals surface area contributed by atoms with E-state index >= 15 is 0 Å². The minimum atomic E-state index is -3.15. The molecule has 0 aliphatic heterocycles. The van der Waals surface area contributed by atoms with Crippen molar-refractivity contribution in [3.05, 3.63) is 0 Å². The third-order valence-corrected chi connectivity index (χ3v) is 4.30. The lowest BCUT2D eigenvalue weighted by Gasteiger charge is -2.20. The highest BCUT2D eigenvalue weighted by Crippen LogP contribution is 2.49. The Morgan fingerprint density at radius 1 is 1.69 bits per heavy atom. The Morgan fingerprint density at radius 2 is 2.15 bits per heavy atom. The number of rotatable bonds is 5. The SMILES string of the molecule is CCOP(C)(=O)C(C)C(F)C(=O)O. The van der Waals surface area contributed by atoms with Crippen LogP contribution in [0.25, 0.3) is 0 Å². The average Bonchev–Trinajstić information content (AvgIpc) is 2.01. The van der Waals surface area contributed by atoms with E-state index in [2.05, 4.69) is 0 Å². The Labute approximate surface area is 76.5 Å². The summed E-state index contributed by atoms with van der Waals surface area (Å²) in [7, 11) is -3.15. The molecule has 0 aromatic rings. The average molecular weight is 212 g/mol. The largest absolute Gasteiger partial charge is 0.479 e. The van der Waals surface area contributed by atoms with Crippen LogP contribution in [0, 0.1) is 0 Å². The summed E-state index contributed by atoms with van der Waals surface area (Å²) in [6, 6.07) is 0. The second-order valence-electron chi connectivity index (χ2n) is 2.81. The Hall–Kier alpha value is -0.410. The van der Waals surface area contributed by atoms with E-state index in [0.717, 1.165) is 0 Å². The van der Waals surface area contributed by atoms with Gasteiger partial charge in [-0.3, -0.25) is 4.57 Å². The molecular weight excluding hydrogens is 198 g/mol. The molecule has 0 fully saturated rings. The van der Waals surface area contributed by atoms with Crippen LogP contribution in [0.1, 0.15) is 13.8 Å². The summed E-state index contributed by atoms with van der Waals surface area (Å²) >= 11 is 0. The van der Waals surface area contributed by atoms with E-state index in [0.29, 0.717) is 0 Å². The van der Waals surface area contributed by atoms with Crippen molar-refractivity contribution < 1.29 is 23.4 Å². The first-order valence-electron chi connectivity index (χ1n) is 3.91. The van der Waals surface area contributed by atoms with Gasteiger partial charge in [-0.1, -0.05) is 0 Å². The number of carboxylic acid groups (broad SMARTS) is 1. The van der Waals surface area contributed by atoms with E-state index in [1.807, 2.05) is 0 Å². The Morgan fingerprint density at radius 3 is 2.46 bits per heavy atom. The van der Waals surface area contributed by atoms with Gasteiger partial charge in [-0.2, -0.15) is 0 Å². The number of hydrogen-bond donors (Lipinski definition) is 1. The molecule has 6 heteroatoms. The maximum atomic E-state index is 12.9. The summed E-state index contributed by atoms with van der Waals surface area (Å²) < 4.78 is 29.2. The van der Waals surface area contributed by atoms with Crippen LogP contribution in [0.3, 0.4) is 0 Å². The highest BCUT2D eigenvalue weighted by molar-refractivity contribution is 7.59. The molecule has 4 nitrogen and oxygen atoms in total. The van der Waals surface area contributed by atoms with Crippen molar-refractivity contribution in [2.75, 3.05) is 13.3 Å². The molecule has 0 bridgehead atoms. The van der Waals surface area contributed by atoms with Crippen LogP contribution < -0.4 is 0 Å². The van der Waals surface area contributed by atoms with Gasteiger partial charge in [0.05, 0.1) is 12.3 Å². The minimum Gasteiger partial charge on any atom is -0.479 e. The van der Waals surface area contributed by atoms with Gasteiger partial charge in [0.1, 0.15) is 0 Å². The molecule has 3 atom stereocenters. The summed E-state index contributed by atoms with van der Waals surface area (Å²) in [5.41, 5.74) is -1.11. The van der Waals surface area contributed by atoms with E-state index < -0.39 is 25.2 Å². The summed E-state index contributed by atoms with van der Waals surface area (Å²) in [6.45, 7) is 4.33. The summed E-state index contributed by atoms with van der Waals surface area (Å²) in [5, 5.41) is 8.33. The predicted molar refractivity (Wildman–Crippen MR) is 47.2 cm³/mol. The van der Waals surface area contributed by atoms with Crippen molar-refractivity contribution in [2.24, 2.45) is 0 Å². The summed E-state index contributed by atoms with van der Waals surface area (Å²) in [5.74, 6) is -1.60. The van der Waals surface area contributed by atoms with Crippen molar-refractivity contribution in [1.29, 1.82) is 0 Å². The van der Waals surface area contributed by atoms with Gasteiger partial charge in [0.25, 0.3) is 0 Å². The third kappa shape index (κ3) is 3.44. The fourth-order valence-electron chi connectivity index (χ4n) is 0.818. The number of aliphatic carboxylic acids is 1. The third-order valence-electron chi connectivity index (χ3n) is 1.78. The maximum Gasteiger partial charge on any atom is 0.339 e. The molecule has 78 valence electrons. The van der Waals surface area contributed by atoms with E-state index in [-0.39, 0.29) is 6.61 Å². The van der Waals surface area contributed by atoms with Gasteiger partial charge in [0.15, 0.2) is 0 Å². The molecule has 0 aliphatic rings. The second kappa shape index (κ2) is 4.72. The van der Waals surface area contributed by atoms with E-state index in [1.165, 1.54) is 13.6 Å². The molecule has 0 aromatic carbocycles. The minimum absolute atomic E-state index is 0.185. The highest BCUT2D eigenvalue weighted by atomic mass is 31.2. The second-order valence-corrected chi connectivity index (χ2v) is 5.70. The van der Waals surface area contributed by atoms with Gasteiger partial charge < -0.3 is 9.63 Å². The molecule has 13 heavy (non-hydrogen) atoms. The fraction of sp³-hybridized carbons (Fsp3) is 0.857. The molecule has 0 aliphatic carbocycles. The van der Waals surface area contributed by atoms with Crippen molar-refractivity contribution in [2.45, 2.75) is 25.7 Å². The Bertz CT molecular complexity index is 231. The van der Waals surface area contributed by atoms with Crippen LogP contribution in [0.5, 0.6) is 0 Å². The fourth-order valence-corrected chi connectivity index (χ4v) is 2.17. The molecule has 0 saturated heterocycles. The van der Waals surface area contributed by atoms with Crippen LogP contribution in [-0.4, -0.2) is 36.2 Å². The van der Waals surface area contributed by atoms with E-state index in [1.54, 1.807) is 6.92 Å². The van der Waals surface area contributed by atoms with Gasteiger partial charge in [-0.05, 0) is 13.8 Å². The number of alkyl halides is 1. The molecule has 0 saturated carbocycles. The zero-order valence-corrected chi connectivity index (χ0v) is 8.75. The number of halogens is 1. The van der Waals surface area contributed by atoms with Crippen molar-refractivity contribution in [1.82, 2.24) is 0 Å². The Kier molecular flexibility index (Phi) is 4.57. The topological polar surface area (TPSA) is 63.6 Å². The van der Waals surface area contributed by atoms with Gasteiger partial charge in [-0.25, -0.2) is 9.18 Å². The number of carboxylic acids is 1. The van der Waals surface area contributed by atoms with E-state index in [9.17, 15) is 13.8 Å². The number of hydrogen-bond acceptors (Lipinski definition) is 3. The molecule has 0 radical (unpaired) electrons. The van der Waals surface area contributed by atoms with Crippen molar-refractivity contribution >= 4 is 13.3 Å². The zero-order valence-electron chi connectivity index (χ0n) is 7.86. The lowest BCUT2D eigenvalue weighted by molar-refractivity contribution is -0.142. The van der Waals surface area contributed by atoms with Crippen molar-refractivity contribution in [3.63, 3.8) is 0 Å². The highest BCUT2D eigenvalue weighted by Gasteiger charge is 2.36. The molecule has 0 aromatic heterocycles. The van der Waals surface area contributed by atoms with Crippen LogP contribution in [0.2, 0.25) is 0 Å². The Balaban J connectivity index is 4.48. The first-order valence-corrected chi connectivity index (χ1v) is 6.05. The number of carbonyl (C=O) groups is 1. The lowest BCUT2D eigenvalue weighted by atomic mass is 10.3. The predicted octanol–water partition coefficient (Wildman–Crippen LogP) is 1.74. The smallest absolute Gasteiger partial charge is 0.339 e. The van der Waals surface area contributed by atoms with E-state index in [4.69, 9.17) is 9.63 Å². The normalized spacial score (nSPS) is 20.3. The monoisotopic (exact) mass is 212 g/mol. The van der Waals surface area contributed by atoms with Crippen LogP contribution >= 0.6 is 7.37 Å². The van der Waals surface area contributed by atoms with Crippen LogP contribution in [0.15, 0.2) is 0 Å². The van der Waals surface area contributed by atoms with Gasteiger partial charge in [0, 0.05) is 6.66 Å². The molecule has 0 amide bonds. The molecule has 1 N–H and O–H groups in total. The lowest BCUT2D eigenvalue weighted by Crippen LogP contribution is -2.28. The van der Waals surface area contributed by atoms with Crippen LogP contribution in [-0.2, 0) is 13.9 Å². The molecule has 0 rings (SSSR count). The van der Waals surface area contributed by atoms with Gasteiger partial charge in [0.2, 0.25) is 13.5 Å². The zero-order chi connectivity index (χ0) is 10.6.